The van der Waals surface area contributed by atoms with Crippen LogP contribution in [-0.2, 0) is 0 Å². The quantitative estimate of drug-likeness (QED) is 0.471. The van der Waals surface area contributed by atoms with E-state index in [9.17, 15) is 0 Å². The Morgan fingerprint density at radius 1 is 0.654 bits per heavy atom. The second kappa shape index (κ2) is 7.51. The van der Waals surface area contributed by atoms with Crippen LogP contribution >= 0.6 is 12.2 Å². The standard InChI is InChI=1S/C24H19NS/c26-24-14-8-7-13-23(24)19-15-17-22(18-16-19)25(20-9-3-1-4-10-20)21-11-5-2-6-12-21/h1-13,15-18H,14H2. The van der Waals surface area contributed by atoms with Gasteiger partial charge >= 0.3 is 0 Å². The van der Waals surface area contributed by atoms with Crippen molar-refractivity contribution in [2.45, 2.75) is 6.42 Å². The third-order valence-corrected chi connectivity index (χ3v) is 4.85. The lowest BCUT2D eigenvalue weighted by atomic mass is 9.97. The maximum Gasteiger partial charge on any atom is 0.0462 e. The van der Waals surface area contributed by atoms with Gasteiger partial charge in [-0.15, -0.1) is 0 Å². The minimum absolute atomic E-state index is 0.850. The van der Waals surface area contributed by atoms with Crippen molar-refractivity contribution in [3.05, 3.63) is 109 Å². The van der Waals surface area contributed by atoms with Gasteiger partial charge in [0, 0.05) is 28.3 Å². The van der Waals surface area contributed by atoms with Crippen LogP contribution in [0, 0.1) is 0 Å². The number of para-hydroxylation sites is 2. The van der Waals surface area contributed by atoms with Crippen LogP contribution in [0.3, 0.4) is 0 Å². The van der Waals surface area contributed by atoms with Gasteiger partial charge in [-0.3, -0.25) is 0 Å². The molecule has 0 spiro atoms. The predicted molar refractivity (Wildman–Crippen MR) is 115 cm³/mol. The van der Waals surface area contributed by atoms with Crippen LogP contribution in [0.4, 0.5) is 17.1 Å². The van der Waals surface area contributed by atoms with Crippen LogP contribution in [0.1, 0.15) is 12.0 Å². The molecule has 3 aromatic rings. The van der Waals surface area contributed by atoms with E-state index in [2.05, 4.69) is 95.9 Å². The summed E-state index contributed by atoms with van der Waals surface area (Å²) in [5.74, 6) is 0. The maximum absolute atomic E-state index is 5.52. The molecule has 4 rings (SSSR count). The van der Waals surface area contributed by atoms with Gasteiger partial charge in [0.15, 0.2) is 0 Å². The molecule has 0 saturated carbocycles. The Labute approximate surface area is 159 Å². The highest BCUT2D eigenvalue weighted by Crippen LogP contribution is 2.35. The Hall–Kier alpha value is -2.97. The fourth-order valence-electron chi connectivity index (χ4n) is 3.19. The zero-order valence-corrected chi connectivity index (χ0v) is 15.2. The number of allylic oxidation sites excluding steroid dienone is 4. The van der Waals surface area contributed by atoms with E-state index in [1.807, 2.05) is 12.1 Å². The Morgan fingerprint density at radius 3 is 1.73 bits per heavy atom. The number of thiocarbonyl (C=S) groups is 1. The van der Waals surface area contributed by atoms with Crippen LogP contribution in [0.5, 0.6) is 0 Å². The summed E-state index contributed by atoms with van der Waals surface area (Å²) in [6.07, 6.45) is 7.14. The van der Waals surface area contributed by atoms with Gasteiger partial charge in [0.25, 0.3) is 0 Å². The molecule has 0 N–H and O–H groups in total. The van der Waals surface area contributed by atoms with Crippen molar-refractivity contribution in [3.8, 4) is 0 Å². The molecule has 0 fully saturated rings. The Bertz CT molecular complexity index is 915. The van der Waals surface area contributed by atoms with E-state index < -0.39 is 0 Å². The monoisotopic (exact) mass is 353 g/mol. The van der Waals surface area contributed by atoms with Crippen LogP contribution in [0.25, 0.3) is 5.57 Å². The lowest BCUT2D eigenvalue weighted by molar-refractivity contribution is 1.28. The molecule has 0 radical (unpaired) electrons. The van der Waals surface area contributed by atoms with Crippen molar-refractivity contribution in [2.24, 2.45) is 0 Å². The van der Waals surface area contributed by atoms with Gasteiger partial charge < -0.3 is 4.90 Å². The van der Waals surface area contributed by atoms with Crippen LogP contribution in [0.15, 0.2) is 103 Å². The number of anilines is 3. The molecule has 126 valence electrons. The van der Waals surface area contributed by atoms with Crippen LogP contribution in [0.2, 0.25) is 0 Å². The molecule has 0 bridgehead atoms. The summed E-state index contributed by atoms with van der Waals surface area (Å²) in [5.41, 5.74) is 5.73. The molecule has 0 aromatic heterocycles. The SMILES string of the molecule is S=C1CC=CC=C1c1ccc(N(c2ccccc2)c2ccccc2)cc1. The first kappa shape index (κ1) is 16.5. The van der Waals surface area contributed by atoms with E-state index >= 15 is 0 Å². The first-order valence-corrected chi connectivity index (χ1v) is 9.14. The van der Waals surface area contributed by atoms with Crippen molar-refractivity contribution in [2.75, 3.05) is 4.90 Å². The maximum atomic E-state index is 5.52. The normalized spacial score (nSPS) is 13.4. The zero-order chi connectivity index (χ0) is 17.8. The lowest BCUT2D eigenvalue weighted by Crippen LogP contribution is -2.09. The molecular weight excluding hydrogens is 334 g/mol. The number of hydrogen-bond acceptors (Lipinski definition) is 2. The van der Waals surface area contributed by atoms with Gasteiger partial charge in [-0.05, 0) is 47.5 Å². The van der Waals surface area contributed by atoms with Crippen molar-refractivity contribution < 1.29 is 0 Å². The van der Waals surface area contributed by atoms with E-state index in [0.29, 0.717) is 0 Å². The molecule has 1 nitrogen and oxygen atoms in total. The molecule has 3 aromatic carbocycles. The van der Waals surface area contributed by atoms with Crippen LogP contribution < -0.4 is 4.90 Å². The van der Waals surface area contributed by atoms with Gasteiger partial charge in [0.2, 0.25) is 0 Å². The molecule has 0 saturated heterocycles. The Kier molecular flexibility index (Phi) is 4.76. The molecule has 1 aliphatic rings. The highest BCUT2D eigenvalue weighted by atomic mass is 32.1. The van der Waals surface area contributed by atoms with Gasteiger partial charge in [0.05, 0.1) is 0 Å². The van der Waals surface area contributed by atoms with E-state index in [-0.39, 0.29) is 0 Å². The summed E-state index contributed by atoms with van der Waals surface area (Å²) in [7, 11) is 0. The minimum Gasteiger partial charge on any atom is -0.311 e. The summed E-state index contributed by atoms with van der Waals surface area (Å²) >= 11 is 5.52. The smallest absolute Gasteiger partial charge is 0.0462 e. The molecule has 0 atom stereocenters. The third-order valence-electron chi connectivity index (χ3n) is 4.47. The predicted octanol–water partition coefficient (Wildman–Crippen LogP) is 6.87. The number of nitrogens with zero attached hydrogens (tertiary/aromatic N) is 1. The molecule has 26 heavy (non-hydrogen) atoms. The van der Waals surface area contributed by atoms with E-state index in [1.165, 1.54) is 5.56 Å². The Balaban J connectivity index is 1.74. The van der Waals surface area contributed by atoms with E-state index in [0.717, 1.165) is 33.9 Å². The first-order chi connectivity index (χ1) is 12.8. The fraction of sp³-hybridized carbons (Fsp3) is 0.0417. The van der Waals surface area contributed by atoms with Crippen molar-refractivity contribution in [1.82, 2.24) is 0 Å². The zero-order valence-electron chi connectivity index (χ0n) is 14.4. The minimum atomic E-state index is 0.850. The molecule has 0 amide bonds. The van der Waals surface area contributed by atoms with Crippen molar-refractivity contribution in [3.63, 3.8) is 0 Å². The molecule has 0 unspecified atom stereocenters. The fourth-order valence-corrected chi connectivity index (χ4v) is 3.47. The summed E-state index contributed by atoms with van der Waals surface area (Å²) in [5, 5.41) is 0. The summed E-state index contributed by atoms with van der Waals surface area (Å²) in [6, 6.07) is 29.5. The number of rotatable bonds is 4. The second-order valence-electron chi connectivity index (χ2n) is 6.19. The van der Waals surface area contributed by atoms with Crippen molar-refractivity contribution in [1.29, 1.82) is 0 Å². The molecular formula is C24H19NS. The average Bonchev–Trinajstić information content (AvgIpc) is 2.71. The second-order valence-corrected chi connectivity index (χ2v) is 6.68. The number of hydrogen-bond donors (Lipinski definition) is 0. The molecule has 2 heteroatoms. The van der Waals surface area contributed by atoms with Gasteiger partial charge in [0.1, 0.15) is 0 Å². The number of benzene rings is 3. The average molecular weight is 353 g/mol. The third kappa shape index (κ3) is 3.37. The first-order valence-electron chi connectivity index (χ1n) is 8.73. The van der Waals surface area contributed by atoms with Gasteiger partial charge in [-0.1, -0.05) is 79.0 Å². The molecule has 1 aliphatic carbocycles. The lowest BCUT2D eigenvalue weighted by Gasteiger charge is -2.25. The van der Waals surface area contributed by atoms with E-state index in [1.54, 1.807) is 0 Å². The topological polar surface area (TPSA) is 3.24 Å². The highest BCUT2D eigenvalue weighted by Gasteiger charge is 2.13. The summed E-state index contributed by atoms with van der Waals surface area (Å²) in [4.78, 5) is 3.26. The highest BCUT2D eigenvalue weighted by molar-refractivity contribution is 7.81. The summed E-state index contributed by atoms with van der Waals surface area (Å²) < 4.78 is 0. The largest absolute Gasteiger partial charge is 0.311 e. The Morgan fingerprint density at radius 2 is 1.19 bits per heavy atom. The summed E-state index contributed by atoms with van der Waals surface area (Å²) in [6.45, 7) is 0. The van der Waals surface area contributed by atoms with E-state index in [4.69, 9.17) is 12.2 Å². The molecule has 0 heterocycles. The van der Waals surface area contributed by atoms with Crippen molar-refractivity contribution >= 4 is 39.7 Å². The van der Waals surface area contributed by atoms with Gasteiger partial charge in [-0.2, -0.15) is 0 Å². The van der Waals surface area contributed by atoms with Crippen LogP contribution in [-0.4, -0.2) is 4.86 Å². The van der Waals surface area contributed by atoms with Gasteiger partial charge in [-0.25, -0.2) is 0 Å². The molecule has 0 aliphatic heterocycles.